The molecular formula is C7H9NO3. The Labute approximate surface area is 64.3 Å². The van der Waals surface area contributed by atoms with Crippen molar-refractivity contribution < 1.29 is 19.6 Å². The van der Waals surface area contributed by atoms with Gasteiger partial charge in [-0.2, -0.15) is 4.57 Å². The number of rotatable bonds is 1. The van der Waals surface area contributed by atoms with Crippen LogP contribution < -0.4 is 9.67 Å². The van der Waals surface area contributed by atoms with Crippen LogP contribution in [0.3, 0.4) is 0 Å². The third kappa shape index (κ3) is 5.05. The molecule has 0 saturated carbocycles. The molecule has 0 spiro atoms. The molecule has 1 N–H and O–H groups in total. The number of pyridine rings is 1. The van der Waals surface area contributed by atoms with Gasteiger partial charge in [0.25, 0.3) is 0 Å². The molecule has 0 atom stereocenters. The summed E-state index contributed by atoms with van der Waals surface area (Å²) in [5.41, 5.74) is 0. The third-order valence-corrected chi connectivity index (χ3v) is 0.941. The Bertz CT molecular complexity index is 188. The maximum atomic E-state index is 8.50. The van der Waals surface area contributed by atoms with Crippen molar-refractivity contribution in [3.05, 3.63) is 30.6 Å². The Morgan fingerprint density at radius 2 is 1.82 bits per heavy atom. The fourth-order valence-corrected chi connectivity index (χ4v) is 0.529. The number of hydrogen-bond donors (Lipinski definition) is 1. The summed E-state index contributed by atoms with van der Waals surface area (Å²) in [4.78, 5) is 8.25. The Morgan fingerprint density at radius 3 is 2.09 bits per heavy atom. The highest BCUT2D eigenvalue weighted by Gasteiger charge is 1.87. The predicted molar refractivity (Wildman–Crippen MR) is 34.9 cm³/mol. The predicted octanol–water partition coefficient (Wildman–Crippen LogP) is -1.71. The van der Waals surface area contributed by atoms with Gasteiger partial charge >= 0.3 is 0 Å². The van der Waals surface area contributed by atoms with Gasteiger partial charge in [0.15, 0.2) is 12.4 Å². The molecule has 0 amide bonds. The van der Waals surface area contributed by atoms with Gasteiger partial charge in [-0.3, -0.25) is 0 Å². The van der Waals surface area contributed by atoms with Gasteiger partial charge in [-0.25, -0.2) is 0 Å². The van der Waals surface area contributed by atoms with Crippen molar-refractivity contribution in [2.45, 2.75) is 6.73 Å². The van der Waals surface area contributed by atoms with E-state index in [9.17, 15) is 0 Å². The smallest absolute Gasteiger partial charge is 0.250 e. The number of nitrogens with zero attached hydrogens (tertiary/aromatic N) is 1. The minimum absolute atomic E-state index is 0.0564. The fourth-order valence-electron chi connectivity index (χ4n) is 0.529. The molecule has 0 aromatic carbocycles. The molecular weight excluding hydrogens is 146 g/mol. The van der Waals surface area contributed by atoms with Crippen LogP contribution in [0.4, 0.5) is 0 Å². The summed E-state index contributed by atoms with van der Waals surface area (Å²) in [5, 5.41) is 16.8. The van der Waals surface area contributed by atoms with Crippen LogP contribution in [-0.2, 0) is 11.5 Å². The second-order valence-electron chi connectivity index (χ2n) is 1.63. The molecule has 0 aliphatic carbocycles. The zero-order valence-corrected chi connectivity index (χ0v) is 5.88. The van der Waals surface area contributed by atoms with E-state index in [1.807, 2.05) is 18.2 Å². The first kappa shape index (κ1) is 9.58. The van der Waals surface area contributed by atoms with Crippen molar-refractivity contribution in [2.75, 3.05) is 0 Å². The molecule has 1 rings (SSSR count). The molecule has 0 fully saturated rings. The maximum Gasteiger partial charge on any atom is 0.250 e. The van der Waals surface area contributed by atoms with Gasteiger partial charge in [-0.1, -0.05) is 6.07 Å². The summed E-state index contributed by atoms with van der Waals surface area (Å²) in [7, 11) is 0. The van der Waals surface area contributed by atoms with Gasteiger partial charge in [0.2, 0.25) is 6.73 Å². The summed E-state index contributed by atoms with van der Waals surface area (Å²) < 4.78 is 1.68. The minimum Gasteiger partial charge on any atom is -0.554 e. The second-order valence-corrected chi connectivity index (χ2v) is 1.63. The van der Waals surface area contributed by atoms with E-state index in [1.54, 1.807) is 17.0 Å². The average molecular weight is 155 g/mol. The molecule has 4 heteroatoms. The van der Waals surface area contributed by atoms with Crippen LogP contribution in [0.5, 0.6) is 0 Å². The van der Waals surface area contributed by atoms with E-state index in [0.29, 0.717) is 0 Å². The van der Waals surface area contributed by atoms with E-state index < -0.39 is 6.47 Å². The van der Waals surface area contributed by atoms with Gasteiger partial charge in [0.05, 0.1) is 0 Å². The summed E-state index contributed by atoms with van der Waals surface area (Å²) in [6.07, 6.45) is 3.61. The lowest BCUT2D eigenvalue weighted by atomic mass is 10.5. The monoisotopic (exact) mass is 155 g/mol. The lowest BCUT2D eigenvalue weighted by molar-refractivity contribution is -0.729. The van der Waals surface area contributed by atoms with Crippen molar-refractivity contribution in [3.8, 4) is 0 Å². The summed E-state index contributed by atoms with van der Waals surface area (Å²) in [5.74, 6) is 0. The molecule has 0 aliphatic rings. The number of carbonyl (C=O) groups is 1. The zero-order valence-electron chi connectivity index (χ0n) is 5.88. The van der Waals surface area contributed by atoms with Crippen LogP contribution in [0.25, 0.3) is 0 Å². The molecule has 0 aliphatic heterocycles. The number of aromatic nitrogens is 1. The van der Waals surface area contributed by atoms with Crippen molar-refractivity contribution in [3.63, 3.8) is 0 Å². The second kappa shape index (κ2) is 6.70. The zero-order chi connectivity index (χ0) is 8.53. The first-order valence-corrected chi connectivity index (χ1v) is 2.95. The van der Waals surface area contributed by atoms with Crippen LogP contribution in [0.1, 0.15) is 0 Å². The van der Waals surface area contributed by atoms with Crippen molar-refractivity contribution >= 4 is 6.47 Å². The Hall–Kier alpha value is -1.42. The summed E-state index contributed by atoms with van der Waals surface area (Å²) in [6, 6.07) is 5.65. The van der Waals surface area contributed by atoms with E-state index >= 15 is 0 Å². The van der Waals surface area contributed by atoms with Crippen LogP contribution in [-0.4, -0.2) is 11.6 Å². The number of carbonyl (C=O) groups excluding carboxylic acids is 1. The quantitative estimate of drug-likeness (QED) is 0.388. The van der Waals surface area contributed by atoms with Crippen LogP contribution in [0, 0.1) is 0 Å². The van der Waals surface area contributed by atoms with Crippen LogP contribution in [0.2, 0.25) is 0 Å². The molecule has 1 aromatic heterocycles. The van der Waals surface area contributed by atoms with E-state index in [2.05, 4.69) is 0 Å². The molecule has 0 radical (unpaired) electrons. The van der Waals surface area contributed by atoms with Crippen molar-refractivity contribution in [1.82, 2.24) is 0 Å². The molecule has 1 heterocycles. The largest absolute Gasteiger partial charge is 0.554 e. The minimum atomic E-state index is -0.500. The number of carboxylic acid groups (broad SMARTS) is 1. The topological polar surface area (TPSA) is 64.2 Å². The molecule has 0 saturated heterocycles. The van der Waals surface area contributed by atoms with Gasteiger partial charge in [0.1, 0.15) is 0 Å². The summed E-state index contributed by atoms with van der Waals surface area (Å²) in [6.45, 7) is -0.444. The molecule has 0 bridgehead atoms. The first-order chi connectivity index (χ1) is 5.35. The SMILES string of the molecule is O=C[O-].OC[n+]1ccccc1. The third-order valence-electron chi connectivity index (χ3n) is 0.941. The molecule has 4 nitrogen and oxygen atoms in total. The van der Waals surface area contributed by atoms with Crippen LogP contribution >= 0.6 is 0 Å². The molecule has 60 valence electrons. The lowest BCUT2D eigenvalue weighted by Crippen LogP contribution is -2.31. The number of aliphatic hydroxyl groups is 1. The summed E-state index contributed by atoms with van der Waals surface area (Å²) >= 11 is 0. The number of aliphatic hydroxyl groups excluding tert-OH is 1. The van der Waals surface area contributed by atoms with E-state index in [1.165, 1.54) is 0 Å². The Kier molecular flexibility index (Phi) is 5.83. The van der Waals surface area contributed by atoms with Gasteiger partial charge in [-0.05, 0) is 0 Å². The van der Waals surface area contributed by atoms with Crippen LogP contribution in [0.15, 0.2) is 30.6 Å². The van der Waals surface area contributed by atoms with Crippen molar-refractivity contribution in [2.24, 2.45) is 0 Å². The first-order valence-electron chi connectivity index (χ1n) is 2.95. The number of hydrogen-bond acceptors (Lipinski definition) is 3. The van der Waals surface area contributed by atoms with E-state index in [4.69, 9.17) is 15.0 Å². The molecule has 11 heavy (non-hydrogen) atoms. The Balaban J connectivity index is 0.000000292. The van der Waals surface area contributed by atoms with E-state index in [0.717, 1.165) is 0 Å². The maximum absolute atomic E-state index is 8.50. The molecule has 0 unspecified atom stereocenters. The highest BCUT2D eigenvalue weighted by Crippen LogP contribution is 1.73. The molecule has 1 aromatic rings. The van der Waals surface area contributed by atoms with E-state index in [-0.39, 0.29) is 6.73 Å². The van der Waals surface area contributed by atoms with Gasteiger partial charge in [0, 0.05) is 18.6 Å². The standard InChI is InChI=1S/C6H8NO.CH2O2/c8-6-7-4-2-1-3-5-7;2-1-3/h1-5,8H,6H2;1H,(H,2,3)/q+1;/p-1. The van der Waals surface area contributed by atoms with Gasteiger partial charge in [-0.15, -0.1) is 0 Å². The van der Waals surface area contributed by atoms with Gasteiger partial charge < -0.3 is 15.0 Å². The lowest BCUT2D eigenvalue weighted by Gasteiger charge is -1.84. The highest BCUT2D eigenvalue weighted by atomic mass is 16.3. The fraction of sp³-hybridized carbons (Fsp3) is 0.143. The Morgan fingerprint density at radius 1 is 1.36 bits per heavy atom. The highest BCUT2D eigenvalue weighted by molar-refractivity contribution is 5.29. The normalized spacial score (nSPS) is 7.73. The van der Waals surface area contributed by atoms with Crippen molar-refractivity contribution in [1.29, 1.82) is 0 Å². The average Bonchev–Trinajstić information content (AvgIpc) is 2.08.